The number of carbonyl (C=O) groups is 3. The van der Waals surface area contributed by atoms with E-state index in [1.807, 2.05) is 54.6 Å². The van der Waals surface area contributed by atoms with Crippen molar-refractivity contribution in [1.29, 1.82) is 0 Å². The van der Waals surface area contributed by atoms with Gasteiger partial charge >= 0.3 is 0 Å². The fourth-order valence-corrected chi connectivity index (χ4v) is 4.35. The van der Waals surface area contributed by atoms with Gasteiger partial charge in [0, 0.05) is 28.9 Å². The summed E-state index contributed by atoms with van der Waals surface area (Å²) in [7, 11) is 0. The molecule has 6 heteroatoms. The molecule has 6 nitrogen and oxygen atoms in total. The Balaban J connectivity index is 1.55. The summed E-state index contributed by atoms with van der Waals surface area (Å²) in [5, 5.41) is 4.74. The van der Waals surface area contributed by atoms with Crippen molar-refractivity contribution in [2.24, 2.45) is 0 Å². The molecule has 0 atom stereocenters. The minimum Gasteiger partial charge on any atom is -0.323 e. The summed E-state index contributed by atoms with van der Waals surface area (Å²) in [5.74, 6) is -0.819. The minimum absolute atomic E-state index is 0.143. The van der Waals surface area contributed by atoms with Crippen LogP contribution >= 0.6 is 0 Å². The standard InChI is InChI=1S/C29H23N3O3/c1-2-18-31(29(35)21-9-4-3-5-10-21)22-13-15-23(16-14-22)32-25-17-12-20-8-6-7-11-24(20)28(25)30-26(33)19-27(32)34/h2-17H,1,18-19H2,(H,30,33). The molecule has 4 aromatic carbocycles. The van der Waals surface area contributed by atoms with Gasteiger partial charge in [-0.25, -0.2) is 0 Å². The van der Waals surface area contributed by atoms with Crippen LogP contribution < -0.4 is 15.1 Å². The highest BCUT2D eigenvalue weighted by Gasteiger charge is 2.29. The van der Waals surface area contributed by atoms with Crippen molar-refractivity contribution in [3.8, 4) is 0 Å². The third-order valence-corrected chi connectivity index (χ3v) is 5.97. The molecule has 0 spiro atoms. The van der Waals surface area contributed by atoms with Crippen molar-refractivity contribution in [2.75, 3.05) is 21.7 Å². The zero-order valence-corrected chi connectivity index (χ0v) is 19.0. The second-order valence-electron chi connectivity index (χ2n) is 8.22. The van der Waals surface area contributed by atoms with Crippen LogP contribution in [0, 0.1) is 0 Å². The number of rotatable bonds is 5. The van der Waals surface area contributed by atoms with Gasteiger partial charge in [0.15, 0.2) is 0 Å². The van der Waals surface area contributed by atoms with Crippen LogP contribution in [-0.2, 0) is 9.59 Å². The van der Waals surface area contributed by atoms with Crippen molar-refractivity contribution in [3.63, 3.8) is 0 Å². The Morgan fingerprint density at radius 3 is 2.37 bits per heavy atom. The third kappa shape index (κ3) is 4.17. The van der Waals surface area contributed by atoms with E-state index in [2.05, 4.69) is 11.9 Å². The SMILES string of the molecule is C=CCN(C(=O)c1ccccc1)c1ccc(N2C(=O)CC(=O)Nc3c2ccc2ccccc32)cc1. The van der Waals surface area contributed by atoms with E-state index < -0.39 is 0 Å². The van der Waals surface area contributed by atoms with E-state index in [0.29, 0.717) is 34.9 Å². The van der Waals surface area contributed by atoms with Gasteiger partial charge in [-0.05, 0) is 47.9 Å². The van der Waals surface area contributed by atoms with Crippen molar-refractivity contribution < 1.29 is 14.4 Å². The van der Waals surface area contributed by atoms with Crippen LogP contribution in [0.5, 0.6) is 0 Å². The number of amides is 3. The highest BCUT2D eigenvalue weighted by Crippen LogP contribution is 2.40. The first-order valence-corrected chi connectivity index (χ1v) is 11.3. The molecule has 0 bridgehead atoms. The zero-order chi connectivity index (χ0) is 24.4. The molecule has 0 saturated heterocycles. The minimum atomic E-state index is -0.350. The highest BCUT2D eigenvalue weighted by molar-refractivity contribution is 6.21. The summed E-state index contributed by atoms with van der Waals surface area (Å²) in [6.07, 6.45) is 1.41. The zero-order valence-electron chi connectivity index (χ0n) is 19.0. The van der Waals surface area contributed by atoms with Gasteiger partial charge in [-0.15, -0.1) is 6.58 Å². The third-order valence-electron chi connectivity index (χ3n) is 5.97. The van der Waals surface area contributed by atoms with Crippen LogP contribution in [0.1, 0.15) is 16.8 Å². The molecule has 1 aliphatic rings. The lowest BCUT2D eigenvalue weighted by Gasteiger charge is -2.25. The molecule has 0 radical (unpaired) electrons. The van der Waals surface area contributed by atoms with Gasteiger partial charge in [0.25, 0.3) is 5.91 Å². The Morgan fingerprint density at radius 2 is 1.63 bits per heavy atom. The van der Waals surface area contributed by atoms with Crippen molar-refractivity contribution in [3.05, 3.63) is 109 Å². The maximum absolute atomic E-state index is 13.1. The molecule has 0 saturated carbocycles. The Morgan fingerprint density at radius 1 is 0.914 bits per heavy atom. The molecule has 1 aliphatic heterocycles. The maximum Gasteiger partial charge on any atom is 0.258 e. The molecule has 4 aromatic rings. The topological polar surface area (TPSA) is 69.7 Å². The summed E-state index contributed by atoms with van der Waals surface area (Å²) in [6, 6.07) is 27.7. The number of hydrogen-bond donors (Lipinski definition) is 1. The Bertz CT molecular complexity index is 1450. The lowest BCUT2D eigenvalue weighted by atomic mass is 10.1. The largest absolute Gasteiger partial charge is 0.323 e. The predicted molar refractivity (Wildman–Crippen MR) is 139 cm³/mol. The number of nitrogens with one attached hydrogen (secondary N) is 1. The Labute approximate surface area is 203 Å². The fourth-order valence-electron chi connectivity index (χ4n) is 4.35. The van der Waals surface area contributed by atoms with Crippen molar-refractivity contribution >= 4 is 51.2 Å². The summed E-state index contributed by atoms with van der Waals surface area (Å²) >= 11 is 0. The number of carbonyl (C=O) groups excluding carboxylic acids is 3. The van der Waals surface area contributed by atoms with Gasteiger partial charge in [-0.3, -0.25) is 19.3 Å². The van der Waals surface area contributed by atoms with Gasteiger partial charge in [0.2, 0.25) is 11.8 Å². The van der Waals surface area contributed by atoms with Crippen LogP contribution in [-0.4, -0.2) is 24.3 Å². The molecule has 0 aromatic heterocycles. The first kappa shape index (κ1) is 22.1. The quantitative estimate of drug-likeness (QED) is 0.307. The summed E-state index contributed by atoms with van der Waals surface area (Å²) in [6.45, 7) is 4.12. The molecule has 5 rings (SSSR count). The molecular weight excluding hydrogens is 438 g/mol. The van der Waals surface area contributed by atoms with E-state index >= 15 is 0 Å². The maximum atomic E-state index is 13.1. The lowest BCUT2D eigenvalue weighted by Crippen LogP contribution is -2.31. The van der Waals surface area contributed by atoms with E-state index in [4.69, 9.17) is 0 Å². The smallest absolute Gasteiger partial charge is 0.258 e. The Kier molecular flexibility index (Phi) is 5.85. The molecule has 1 heterocycles. The molecule has 0 unspecified atom stereocenters. The number of nitrogens with zero attached hydrogens (tertiary/aromatic N) is 2. The van der Waals surface area contributed by atoms with Crippen LogP contribution in [0.25, 0.3) is 10.8 Å². The summed E-state index contributed by atoms with van der Waals surface area (Å²) < 4.78 is 0. The van der Waals surface area contributed by atoms with E-state index in [-0.39, 0.29) is 24.1 Å². The van der Waals surface area contributed by atoms with Crippen molar-refractivity contribution in [1.82, 2.24) is 0 Å². The number of anilines is 4. The van der Waals surface area contributed by atoms with E-state index in [1.54, 1.807) is 52.3 Å². The molecule has 0 fully saturated rings. The second kappa shape index (κ2) is 9.27. The molecule has 3 amide bonds. The van der Waals surface area contributed by atoms with Crippen LogP contribution in [0.4, 0.5) is 22.7 Å². The predicted octanol–water partition coefficient (Wildman–Crippen LogP) is 5.68. The van der Waals surface area contributed by atoms with Gasteiger partial charge in [-0.2, -0.15) is 0 Å². The molecule has 0 aliphatic carbocycles. The van der Waals surface area contributed by atoms with E-state index in [9.17, 15) is 14.4 Å². The molecule has 35 heavy (non-hydrogen) atoms. The average molecular weight is 462 g/mol. The van der Waals surface area contributed by atoms with E-state index in [0.717, 1.165) is 10.8 Å². The number of fused-ring (bicyclic) bond motifs is 3. The average Bonchev–Trinajstić information content (AvgIpc) is 3.02. The van der Waals surface area contributed by atoms with Gasteiger partial charge in [0.1, 0.15) is 6.42 Å². The molecular formula is C29H23N3O3. The van der Waals surface area contributed by atoms with Crippen LogP contribution in [0.15, 0.2) is 104 Å². The van der Waals surface area contributed by atoms with Crippen molar-refractivity contribution in [2.45, 2.75) is 6.42 Å². The summed E-state index contributed by atoms with van der Waals surface area (Å²) in [4.78, 5) is 41.9. The fraction of sp³-hybridized carbons (Fsp3) is 0.0690. The molecule has 1 N–H and O–H groups in total. The lowest BCUT2D eigenvalue weighted by molar-refractivity contribution is -0.124. The first-order chi connectivity index (χ1) is 17.1. The number of benzene rings is 4. The number of hydrogen-bond acceptors (Lipinski definition) is 3. The van der Waals surface area contributed by atoms with Gasteiger partial charge < -0.3 is 10.2 Å². The second-order valence-corrected chi connectivity index (χ2v) is 8.22. The van der Waals surface area contributed by atoms with Crippen LogP contribution in [0.2, 0.25) is 0 Å². The monoisotopic (exact) mass is 461 g/mol. The van der Waals surface area contributed by atoms with E-state index in [1.165, 1.54) is 0 Å². The highest BCUT2D eigenvalue weighted by atomic mass is 16.2. The van der Waals surface area contributed by atoms with Gasteiger partial charge in [0.05, 0.1) is 11.4 Å². The summed E-state index contributed by atoms with van der Waals surface area (Å²) in [5.41, 5.74) is 3.08. The molecule has 172 valence electrons. The Hall–Kier alpha value is -4.71. The normalized spacial score (nSPS) is 13.1. The first-order valence-electron chi connectivity index (χ1n) is 11.3. The van der Waals surface area contributed by atoms with Crippen LogP contribution in [0.3, 0.4) is 0 Å². The van der Waals surface area contributed by atoms with Gasteiger partial charge in [-0.1, -0.05) is 54.6 Å².